The summed E-state index contributed by atoms with van der Waals surface area (Å²) >= 11 is 0. The van der Waals surface area contributed by atoms with E-state index < -0.39 is 0 Å². The molecule has 3 aromatic carbocycles. The molecule has 34 heavy (non-hydrogen) atoms. The van der Waals surface area contributed by atoms with Crippen LogP contribution in [0, 0.1) is 0 Å². The Kier molecular flexibility index (Phi) is 7.10. The number of carbonyl (C=O) groups is 1. The SMILES string of the molecule is C[N+](C)(CCCn1c2ccccc2c(=O)c2ccccc21)Cc1ccc(C(=O)NCCO)cc1. The van der Waals surface area contributed by atoms with Crippen LogP contribution in [-0.2, 0) is 13.1 Å². The van der Waals surface area contributed by atoms with Crippen LogP contribution in [0.15, 0.2) is 77.6 Å². The molecule has 176 valence electrons. The summed E-state index contributed by atoms with van der Waals surface area (Å²) in [7, 11) is 4.42. The molecule has 6 nitrogen and oxygen atoms in total. The molecular formula is C28H32N3O3+. The summed E-state index contributed by atoms with van der Waals surface area (Å²) in [6, 6.07) is 23.4. The molecule has 1 amide bonds. The second-order valence-electron chi connectivity index (χ2n) is 9.36. The average molecular weight is 459 g/mol. The molecule has 4 aromatic rings. The predicted molar refractivity (Wildman–Crippen MR) is 137 cm³/mol. The molecule has 0 saturated heterocycles. The summed E-state index contributed by atoms with van der Waals surface area (Å²) in [5.41, 5.74) is 3.81. The number of aryl methyl sites for hydroxylation is 1. The molecule has 1 aromatic heterocycles. The van der Waals surface area contributed by atoms with Gasteiger partial charge in [0, 0.05) is 41.4 Å². The summed E-state index contributed by atoms with van der Waals surface area (Å²) in [5.74, 6) is -0.171. The number of nitrogens with zero attached hydrogens (tertiary/aromatic N) is 2. The monoisotopic (exact) mass is 458 g/mol. The smallest absolute Gasteiger partial charge is 0.251 e. The number of aliphatic hydroxyl groups excluding tert-OH is 1. The molecule has 0 aliphatic rings. The van der Waals surface area contributed by atoms with E-state index >= 15 is 0 Å². The van der Waals surface area contributed by atoms with Crippen molar-refractivity contribution in [2.75, 3.05) is 33.8 Å². The maximum Gasteiger partial charge on any atom is 0.251 e. The van der Waals surface area contributed by atoms with Gasteiger partial charge in [-0.3, -0.25) is 9.59 Å². The Morgan fingerprint density at radius 3 is 2.09 bits per heavy atom. The number of hydrogen-bond acceptors (Lipinski definition) is 3. The first kappa shape index (κ1) is 23.7. The van der Waals surface area contributed by atoms with Gasteiger partial charge in [0.25, 0.3) is 5.91 Å². The van der Waals surface area contributed by atoms with E-state index in [1.165, 1.54) is 5.56 Å². The van der Waals surface area contributed by atoms with Crippen molar-refractivity contribution in [3.8, 4) is 0 Å². The number of nitrogens with one attached hydrogen (secondary N) is 1. The zero-order chi connectivity index (χ0) is 24.1. The van der Waals surface area contributed by atoms with Crippen LogP contribution in [0.2, 0.25) is 0 Å². The molecule has 0 fully saturated rings. The van der Waals surface area contributed by atoms with E-state index in [2.05, 4.69) is 24.0 Å². The van der Waals surface area contributed by atoms with Gasteiger partial charge in [0.05, 0.1) is 38.3 Å². The first-order chi connectivity index (χ1) is 16.4. The minimum atomic E-state index is -0.171. The Labute approximate surface area is 199 Å². The number of fused-ring (bicyclic) bond motifs is 2. The highest BCUT2D eigenvalue weighted by Crippen LogP contribution is 2.20. The molecule has 0 bridgehead atoms. The number of rotatable bonds is 9. The molecule has 2 N–H and O–H groups in total. The van der Waals surface area contributed by atoms with Crippen molar-refractivity contribution in [3.05, 3.63) is 94.1 Å². The summed E-state index contributed by atoms with van der Waals surface area (Å²) in [4.78, 5) is 25.0. The molecule has 0 radical (unpaired) electrons. The van der Waals surface area contributed by atoms with Crippen LogP contribution < -0.4 is 10.7 Å². The van der Waals surface area contributed by atoms with Crippen molar-refractivity contribution in [1.29, 1.82) is 0 Å². The summed E-state index contributed by atoms with van der Waals surface area (Å²) in [6.07, 6.45) is 0.964. The number of quaternary nitrogens is 1. The fourth-order valence-electron chi connectivity index (χ4n) is 4.58. The number of hydrogen-bond donors (Lipinski definition) is 2. The number of benzene rings is 3. The second kappa shape index (κ2) is 10.2. The lowest BCUT2D eigenvalue weighted by Crippen LogP contribution is -2.40. The van der Waals surface area contributed by atoms with Gasteiger partial charge in [-0.05, 0) is 36.4 Å². The van der Waals surface area contributed by atoms with E-state index in [1.807, 2.05) is 72.8 Å². The van der Waals surface area contributed by atoms with Crippen LogP contribution in [0.1, 0.15) is 22.3 Å². The highest BCUT2D eigenvalue weighted by atomic mass is 16.3. The lowest BCUT2D eigenvalue weighted by atomic mass is 10.1. The van der Waals surface area contributed by atoms with Gasteiger partial charge in [-0.25, -0.2) is 0 Å². The van der Waals surface area contributed by atoms with Crippen LogP contribution in [0.25, 0.3) is 21.8 Å². The molecule has 0 aliphatic heterocycles. The number of para-hydroxylation sites is 2. The third-order valence-electron chi connectivity index (χ3n) is 6.25. The van der Waals surface area contributed by atoms with E-state index in [4.69, 9.17) is 5.11 Å². The molecule has 0 spiro atoms. The minimum Gasteiger partial charge on any atom is -0.395 e. The third kappa shape index (κ3) is 5.19. The first-order valence-corrected chi connectivity index (χ1v) is 11.7. The predicted octanol–water partition coefficient (Wildman–Crippen LogP) is 3.54. The van der Waals surface area contributed by atoms with Gasteiger partial charge >= 0.3 is 0 Å². The molecule has 0 aliphatic carbocycles. The third-order valence-corrected chi connectivity index (χ3v) is 6.25. The second-order valence-corrected chi connectivity index (χ2v) is 9.36. The number of carbonyl (C=O) groups excluding carboxylic acids is 1. The molecule has 4 rings (SSSR count). The molecule has 1 heterocycles. The van der Waals surface area contributed by atoms with Crippen LogP contribution in [-0.4, -0.2) is 53.9 Å². The molecule has 0 unspecified atom stereocenters. The van der Waals surface area contributed by atoms with Crippen molar-refractivity contribution in [2.45, 2.75) is 19.5 Å². The Morgan fingerprint density at radius 2 is 1.50 bits per heavy atom. The van der Waals surface area contributed by atoms with Gasteiger partial charge in [0.2, 0.25) is 0 Å². The van der Waals surface area contributed by atoms with Crippen molar-refractivity contribution in [1.82, 2.24) is 9.88 Å². The van der Waals surface area contributed by atoms with Gasteiger partial charge < -0.3 is 19.5 Å². The largest absolute Gasteiger partial charge is 0.395 e. The van der Waals surface area contributed by atoms with Crippen LogP contribution in [0.5, 0.6) is 0 Å². The highest BCUT2D eigenvalue weighted by molar-refractivity contribution is 5.94. The summed E-state index contributed by atoms with van der Waals surface area (Å²) < 4.78 is 3.08. The number of amides is 1. The van der Waals surface area contributed by atoms with Crippen molar-refractivity contribution >= 4 is 27.7 Å². The summed E-state index contributed by atoms with van der Waals surface area (Å²) in [5, 5.41) is 13.1. The number of pyridine rings is 1. The minimum absolute atomic E-state index is 0.0690. The Balaban J connectivity index is 1.46. The fraction of sp³-hybridized carbons (Fsp3) is 0.286. The number of aliphatic hydroxyl groups is 1. The van der Waals surface area contributed by atoms with E-state index in [9.17, 15) is 9.59 Å². The maximum atomic E-state index is 12.9. The van der Waals surface area contributed by atoms with Crippen molar-refractivity contribution in [2.24, 2.45) is 0 Å². The van der Waals surface area contributed by atoms with E-state index in [-0.39, 0.29) is 24.5 Å². The highest BCUT2D eigenvalue weighted by Gasteiger charge is 2.17. The van der Waals surface area contributed by atoms with Crippen LogP contribution in [0.3, 0.4) is 0 Å². The summed E-state index contributed by atoms with van der Waals surface area (Å²) in [6.45, 7) is 2.83. The Bertz CT molecular complexity index is 1300. The lowest BCUT2D eigenvalue weighted by Gasteiger charge is -2.30. The fourth-order valence-corrected chi connectivity index (χ4v) is 4.58. The Hall–Kier alpha value is -3.48. The quantitative estimate of drug-likeness (QED) is 0.298. The first-order valence-electron chi connectivity index (χ1n) is 11.7. The van der Waals surface area contributed by atoms with Crippen LogP contribution >= 0.6 is 0 Å². The van der Waals surface area contributed by atoms with Crippen molar-refractivity contribution in [3.63, 3.8) is 0 Å². The molecule has 0 atom stereocenters. The van der Waals surface area contributed by atoms with Crippen molar-refractivity contribution < 1.29 is 14.4 Å². The molecular weight excluding hydrogens is 426 g/mol. The van der Waals surface area contributed by atoms with Gasteiger partial charge in [-0.1, -0.05) is 36.4 Å². The zero-order valence-corrected chi connectivity index (χ0v) is 19.8. The molecule has 0 saturated carbocycles. The normalized spacial score (nSPS) is 11.7. The van der Waals surface area contributed by atoms with E-state index in [0.717, 1.165) is 52.3 Å². The lowest BCUT2D eigenvalue weighted by molar-refractivity contribution is -0.903. The van der Waals surface area contributed by atoms with Gasteiger partial charge in [0.15, 0.2) is 5.43 Å². The van der Waals surface area contributed by atoms with Gasteiger partial charge in [-0.15, -0.1) is 0 Å². The topological polar surface area (TPSA) is 71.3 Å². The zero-order valence-electron chi connectivity index (χ0n) is 19.8. The van der Waals surface area contributed by atoms with Gasteiger partial charge in [0.1, 0.15) is 6.54 Å². The maximum absolute atomic E-state index is 12.9. The Morgan fingerprint density at radius 1 is 0.912 bits per heavy atom. The average Bonchev–Trinajstić information content (AvgIpc) is 2.85. The van der Waals surface area contributed by atoms with E-state index in [0.29, 0.717) is 5.56 Å². The van der Waals surface area contributed by atoms with Crippen LogP contribution in [0.4, 0.5) is 0 Å². The van der Waals surface area contributed by atoms with Gasteiger partial charge in [-0.2, -0.15) is 0 Å². The molecule has 6 heteroatoms. The van der Waals surface area contributed by atoms with E-state index in [1.54, 1.807) is 0 Å². The standard InChI is InChI=1S/C28H31N3O3/c1-31(2,20-21-12-14-22(15-13-21)28(34)29-16-19-32)18-7-17-30-25-10-5-3-8-23(25)27(33)24-9-4-6-11-26(24)30/h3-6,8-15,32H,7,16-20H2,1-2H3/p+1. The number of aromatic nitrogens is 1.